The van der Waals surface area contributed by atoms with E-state index < -0.39 is 0 Å². The number of anilines is 2. The lowest BCUT2D eigenvalue weighted by molar-refractivity contribution is 0.805. The number of hydrogen-bond donors (Lipinski definition) is 0. The van der Waals surface area contributed by atoms with E-state index in [4.69, 9.17) is 0 Å². The maximum atomic E-state index is 2.46. The summed E-state index contributed by atoms with van der Waals surface area (Å²) in [5, 5.41) is 0. The first-order valence-electron chi connectivity index (χ1n) is 9.11. The van der Waals surface area contributed by atoms with Crippen molar-refractivity contribution in [1.29, 1.82) is 0 Å². The predicted molar refractivity (Wildman–Crippen MR) is 109 cm³/mol. The molecule has 2 aliphatic rings. The average Bonchev–Trinajstić information content (AvgIpc) is 2.68. The Morgan fingerprint density at radius 2 is 1.64 bits per heavy atom. The number of benzene rings is 2. The molecule has 2 aliphatic heterocycles. The number of hydrogen-bond acceptors (Lipinski definition) is 2. The minimum Gasteiger partial charge on any atom is -0.361 e. The normalized spacial score (nSPS) is 19.9. The third kappa shape index (κ3) is 2.78. The fourth-order valence-corrected chi connectivity index (χ4v) is 3.80. The number of allylic oxidation sites excluding steroid dienone is 2. The molecule has 0 aliphatic carbocycles. The predicted octanol–water partition coefficient (Wildman–Crippen LogP) is 5.35. The van der Waals surface area contributed by atoms with Crippen molar-refractivity contribution in [3.05, 3.63) is 84.1 Å². The van der Waals surface area contributed by atoms with Crippen molar-refractivity contribution in [2.24, 2.45) is 0 Å². The molecular weight excluding hydrogens is 304 g/mol. The van der Waals surface area contributed by atoms with E-state index in [2.05, 4.69) is 103 Å². The van der Waals surface area contributed by atoms with Crippen molar-refractivity contribution in [3.63, 3.8) is 0 Å². The number of rotatable bonds is 3. The van der Waals surface area contributed by atoms with Crippen LogP contribution in [0.5, 0.6) is 0 Å². The molecule has 0 saturated carbocycles. The lowest BCUT2D eigenvalue weighted by Gasteiger charge is -2.34. The second kappa shape index (κ2) is 6.64. The number of para-hydroxylation sites is 2. The van der Waals surface area contributed by atoms with Gasteiger partial charge in [-0.25, -0.2) is 0 Å². The summed E-state index contributed by atoms with van der Waals surface area (Å²) in [6.45, 7) is 6.39. The maximum absolute atomic E-state index is 2.46. The summed E-state index contributed by atoms with van der Waals surface area (Å²) in [4.78, 5) is 4.77. The van der Waals surface area contributed by atoms with Gasteiger partial charge in [-0.3, -0.25) is 0 Å². The van der Waals surface area contributed by atoms with Crippen molar-refractivity contribution in [2.45, 2.75) is 19.9 Å². The SMILES string of the molecule is CCN1C=C/C(=C\C2C=Cc3ccccc3N2CC)c2ccccc21. The van der Waals surface area contributed by atoms with Crippen molar-refractivity contribution >= 4 is 23.0 Å². The van der Waals surface area contributed by atoms with Crippen LogP contribution >= 0.6 is 0 Å². The van der Waals surface area contributed by atoms with Crippen LogP contribution in [0.25, 0.3) is 11.6 Å². The van der Waals surface area contributed by atoms with Gasteiger partial charge < -0.3 is 9.80 Å². The molecule has 2 nitrogen and oxygen atoms in total. The summed E-state index contributed by atoms with van der Waals surface area (Å²) in [6, 6.07) is 17.6. The Hall–Kier alpha value is -2.74. The molecular formula is C23H24N2. The van der Waals surface area contributed by atoms with Gasteiger partial charge in [0, 0.05) is 36.2 Å². The zero-order chi connectivity index (χ0) is 17.2. The molecule has 2 heteroatoms. The van der Waals surface area contributed by atoms with Crippen LogP contribution in [-0.2, 0) is 0 Å². The molecule has 4 rings (SSSR count). The number of fused-ring (bicyclic) bond motifs is 2. The largest absolute Gasteiger partial charge is 0.361 e. The second-order valence-corrected chi connectivity index (χ2v) is 6.44. The van der Waals surface area contributed by atoms with E-state index in [-0.39, 0.29) is 6.04 Å². The van der Waals surface area contributed by atoms with Crippen molar-refractivity contribution in [3.8, 4) is 0 Å². The Labute approximate surface area is 150 Å². The fraction of sp³-hybridized carbons (Fsp3) is 0.217. The highest BCUT2D eigenvalue weighted by atomic mass is 15.2. The van der Waals surface area contributed by atoms with E-state index in [0.29, 0.717) is 0 Å². The Balaban J connectivity index is 1.74. The zero-order valence-corrected chi connectivity index (χ0v) is 14.9. The van der Waals surface area contributed by atoms with Gasteiger partial charge in [-0.1, -0.05) is 54.6 Å². The van der Waals surface area contributed by atoms with Gasteiger partial charge in [0.25, 0.3) is 0 Å². The van der Waals surface area contributed by atoms with Crippen LogP contribution < -0.4 is 9.80 Å². The Bertz CT molecular complexity index is 860. The fourth-order valence-electron chi connectivity index (χ4n) is 3.80. The average molecular weight is 328 g/mol. The summed E-state index contributed by atoms with van der Waals surface area (Å²) in [5.74, 6) is 0. The first kappa shape index (κ1) is 15.8. The Kier molecular flexibility index (Phi) is 4.19. The summed E-state index contributed by atoms with van der Waals surface area (Å²) in [7, 11) is 0. The van der Waals surface area contributed by atoms with Gasteiger partial charge in [-0.05, 0) is 43.2 Å². The highest BCUT2D eigenvalue weighted by Gasteiger charge is 2.21. The van der Waals surface area contributed by atoms with Crippen LogP contribution in [0.1, 0.15) is 25.0 Å². The first-order chi connectivity index (χ1) is 12.3. The molecule has 2 aromatic carbocycles. The molecule has 1 atom stereocenters. The maximum Gasteiger partial charge on any atom is 0.0669 e. The van der Waals surface area contributed by atoms with Crippen LogP contribution in [0.15, 0.2) is 73.0 Å². The monoisotopic (exact) mass is 328 g/mol. The number of likely N-dealkylation sites (N-methyl/N-ethyl adjacent to an activating group) is 1. The lowest BCUT2D eigenvalue weighted by Crippen LogP contribution is -2.34. The van der Waals surface area contributed by atoms with Crippen LogP contribution in [0.3, 0.4) is 0 Å². The molecule has 0 bridgehead atoms. The molecule has 0 aromatic heterocycles. The Morgan fingerprint density at radius 1 is 0.880 bits per heavy atom. The highest BCUT2D eigenvalue weighted by Crippen LogP contribution is 2.35. The van der Waals surface area contributed by atoms with Crippen molar-refractivity contribution < 1.29 is 0 Å². The van der Waals surface area contributed by atoms with Gasteiger partial charge in [0.1, 0.15) is 0 Å². The van der Waals surface area contributed by atoms with Gasteiger partial charge in [0.05, 0.1) is 6.04 Å². The van der Waals surface area contributed by atoms with Crippen LogP contribution in [0.2, 0.25) is 0 Å². The molecule has 1 unspecified atom stereocenters. The second-order valence-electron chi connectivity index (χ2n) is 6.44. The Morgan fingerprint density at radius 3 is 2.44 bits per heavy atom. The lowest BCUT2D eigenvalue weighted by atomic mass is 9.95. The summed E-state index contributed by atoms with van der Waals surface area (Å²) in [5.41, 5.74) is 6.53. The molecule has 2 aromatic rings. The third-order valence-electron chi connectivity index (χ3n) is 5.07. The third-order valence-corrected chi connectivity index (χ3v) is 5.07. The zero-order valence-electron chi connectivity index (χ0n) is 14.9. The van der Waals surface area contributed by atoms with E-state index in [1.165, 1.54) is 28.1 Å². The van der Waals surface area contributed by atoms with E-state index in [0.717, 1.165) is 13.1 Å². The molecule has 0 fully saturated rings. The molecule has 0 N–H and O–H groups in total. The topological polar surface area (TPSA) is 6.48 Å². The van der Waals surface area contributed by atoms with Gasteiger partial charge in [-0.15, -0.1) is 0 Å². The molecule has 0 radical (unpaired) electrons. The molecule has 0 spiro atoms. The standard InChI is InChI=1S/C23H24N2/c1-3-24-16-15-19(21-10-6-8-12-23(21)24)17-20-14-13-18-9-5-7-11-22(18)25(20)4-2/h5-17,20H,3-4H2,1-2H3/b19-17+. The molecule has 0 amide bonds. The first-order valence-corrected chi connectivity index (χ1v) is 9.11. The summed E-state index contributed by atoms with van der Waals surface area (Å²) < 4.78 is 0. The van der Waals surface area contributed by atoms with Crippen LogP contribution in [0, 0.1) is 0 Å². The van der Waals surface area contributed by atoms with E-state index in [1.807, 2.05) is 0 Å². The minimum atomic E-state index is 0.279. The van der Waals surface area contributed by atoms with E-state index >= 15 is 0 Å². The van der Waals surface area contributed by atoms with Crippen molar-refractivity contribution in [2.75, 3.05) is 22.9 Å². The van der Waals surface area contributed by atoms with E-state index in [1.54, 1.807) is 0 Å². The van der Waals surface area contributed by atoms with Gasteiger partial charge in [0.2, 0.25) is 0 Å². The summed E-state index contributed by atoms with van der Waals surface area (Å²) in [6.07, 6.45) is 11.4. The van der Waals surface area contributed by atoms with Crippen molar-refractivity contribution in [1.82, 2.24) is 0 Å². The van der Waals surface area contributed by atoms with E-state index in [9.17, 15) is 0 Å². The van der Waals surface area contributed by atoms with Gasteiger partial charge in [0.15, 0.2) is 0 Å². The minimum absolute atomic E-state index is 0.279. The smallest absolute Gasteiger partial charge is 0.0669 e. The molecule has 126 valence electrons. The number of nitrogens with zero attached hydrogens (tertiary/aromatic N) is 2. The molecule has 25 heavy (non-hydrogen) atoms. The van der Waals surface area contributed by atoms with Gasteiger partial charge >= 0.3 is 0 Å². The highest BCUT2D eigenvalue weighted by molar-refractivity contribution is 5.87. The molecule has 2 heterocycles. The summed E-state index contributed by atoms with van der Waals surface area (Å²) >= 11 is 0. The molecule has 0 saturated heterocycles. The van der Waals surface area contributed by atoms with Crippen LogP contribution in [-0.4, -0.2) is 19.1 Å². The van der Waals surface area contributed by atoms with Gasteiger partial charge in [-0.2, -0.15) is 0 Å². The quantitative estimate of drug-likeness (QED) is 0.750. The van der Waals surface area contributed by atoms with Crippen LogP contribution in [0.4, 0.5) is 11.4 Å².